The first-order valence-electron chi connectivity index (χ1n) is 10.5. The number of hydrogen-bond acceptors (Lipinski definition) is 5. The summed E-state index contributed by atoms with van der Waals surface area (Å²) in [6.45, 7) is 0.192. The van der Waals surface area contributed by atoms with Gasteiger partial charge < -0.3 is 25.8 Å². The second-order valence-corrected chi connectivity index (χ2v) is 7.53. The number of rotatable bonds is 8. The zero-order chi connectivity index (χ0) is 23.2. The average Bonchev–Trinajstić information content (AvgIpc) is 3.25. The Balaban J connectivity index is 1.33. The molecule has 4 N–H and O–H groups in total. The van der Waals surface area contributed by atoms with Gasteiger partial charge in [0.2, 0.25) is 5.91 Å². The maximum Gasteiger partial charge on any atom is 0.265 e. The van der Waals surface area contributed by atoms with E-state index in [1.807, 2.05) is 24.3 Å². The van der Waals surface area contributed by atoms with Gasteiger partial charge in [-0.3, -0.25) is 14.4 Å². The molecule has 0 fully saturated rings. The molecule has 0 aliphatic carbocycles. The minimum atomic E-state index is -0.608. The Morgan fingerprint density at radius 3 is 2.48 bits per heavy atom. The Hall–Kier alpha value is -4.33. The largest absolute Gasteiger partial charge is 0.493 e. The van der Waals surface area contributed by atoms with Crippen LogP contribution in [0.1, 0.15) is 22.3 Å². The number of hydrogen-bond donors (Lipinski definition) is 3. The fourth-order valence-electron chi connectivity index (χ4n) is 3.40. The van der Waals surface area contributed by atoms with Crippen molar-refractivity contribution < 1.29 is 23.9 Å². The van der Waals surface area contributed by atoms with Crippen LogP contribution in [0.5, 0.6) is 11.5 Å². The van der Waals surface area contributed by atoms with Crippen molar-refractivity contribution in [3.8, 4) is 11.5 Å². The maximum atomic E-state index is 12.7. The zero-order valence-corrected chi connectivity index (χ0v) is 17.7. The number of carbonyl (C=O) groups is 3. The lowest BCUT2D eigenvalue weighted by atomic mass is 10.1. The number of primary amides is 1. The highest BCUT2D eigenvalue weighted by Crippen LogP contribution is 2.28. The van der Waals surface area contributed by atoms with Gasteiger partial charge in [0.1, 0.15) is 11.5 Å². The first-order chi connectivity index (χ1) is 16.0. The van der Waals surface area contributed by atoms with Gasteiger partial charge in [-0.1, -0.05) is 24.3 Å². The summed E-state index contributed by atoms with van der Waals surface area (Å²) < 4.78 is 11.1. The molecule has 1 atom stereocenters. The summed E-state index contributed by atoms with van der Waals surface area (Å²) in [6.07, 6.45) is 0.0267. The van der Waals surface area contributed by atoms with Crippen molar-refractivity contribution >= 4 is 29.1 Å². The van der Waals surface area contributed by atoms with Gasteiger partial charge in [0.15, 0.2) is 6.10 Å². The molecule has 3 aromatic carbocycles. The molecule has 1 heterocycles. The maximum absolute atomic E-state index is 12.7. The van der Waals surface area contributed by atoms with E-state index < -0.39 is 12.0 Å². The van der Waals surface area contributed by atoms with Crippen LogP contribution < -0.4 is 25.8 Å². The van der Waals surface area contributed by atoms with E-state index in [0.29, 0.717) is 29.1 Å². The molecule has 0 bridgehead atoms. The second kappa shape index (κ2) is 9.86. The molecule has 1 aliphatic rings. The number of nitrogens with two attached hydrogens (primary N) is 1. The van der Waals surface area contributed by atoms with Crippen molar-refractivity contribution in [2.24, 2.45) is 5.73 Å². The van der Waals surface area contributed by atoms with E-state index in [-0.39, 0.29) is 24.8 Å². The van der Waals surface area contributed by atoms with Crippen molar-refractivity contribution in [3.05, 3.63) is 83.9 Å². The van der Waals surface area contributed by atoms with Crippen molar-refractivity contribution in [2.45, 2.75) is 18.9 Å². The number of anilines is 2. The number of nitrogens with one attached hydrogen (secondary N) is 2. The van der Waals surface area contributed by atoms with Gasteiger partial charge in [-0.25, -0.2) is 0 Å². The first-order valence-corrected chi connectivity index (χ1v) is 10.5. The molecule has 8 heteroatoms. The van der Waals surface area contributed by atoms with Crippen molar-refractivity contribution in [3.63, 3.8) is 0 Å². The van der Waals surface area contributed by atoms with E-state index in [1.54, 1.807) is 48.5 Å². The number of ether oxygens (including phenoxy) is 2. The van der Waals surface area contributed by atoms with Crippen LogP contribution in [0, 0.1) is 0 Å². The Kier molecular flexibility index (Phi) is 6.54. The van der Waals surface area contributed by atoms with E-state index in [9.17, 15) is 14.4 Å². The number of carbonyl (C=O) groups excluding carboxylic acids is 3. The van der Waals surface area contributed by atoms with Gasteiger partial charge >= 0.3 is 0 Å². The predicted molar refractivity (Wildman–Crippen MR) is 123 cm³/mol. The molecule has 4 rings (SSSR count). The fourth-order valence-corrected chi connectivity index (χ4v) is 3.40. The third-order valence-electron chi connectivity index (χ3n) is 5.06. The molecule has 0 saturated carbocycles. The smallest absolute Gasteiger partial charge is 0.265 e. The van der Waals surface area contributed by atoms with Crippen LogP contribution in [-0.2, 0) is 16.0 Å². The molecule has 1 aliphatic heterocycles. The van der Waals surface area contributed by atoms with Gasteiger partial charge in [-0.2, -0.15) is 0 Å². The Morgan fingerprint density at radius 1 is 0.939 bits per heavy atom. The summed E-state index contributed by atoms with van der Waals surface area (Å²) in [7, 11) is 0. The van der Waals surface area contributed by atoms with Gasteiger partial charge in [0.05, 0.1) is 13.0 Å². The van der Waals surface area contributed by atoms with Crippen molar-refractivity contribution in [1.82, 2.24) is 0 Å². The summed E-state index contributed by atoms with van der Waals surface area (Å²) in [5, 5.41) is 5.62. The molecule has 0 spiro atoms. The summed E-state index contributed by atoms with van der Waals surface area (Å²) in [6, 6.07) is 21.0. The molecular weight excluding hydrogens is 422 g/mol. The molecular formula is C25H23N3O5. The Labute approximate surface area is 190 Å². The molecule has 3 amide bonds. The molecule has 0 radical (unpaired) electrons. The quantitative estimate of drug-likeness (QED) is 0.492. The Morgan fingerprint density at radius 2 is 1.73 bits per heavy atom. The molecule has 168 valence electrons. The molecule has 0 aromatic heterocycles. The predicted octanol–water partition coefficient (Wildman–Crippen LogP) is 3.14. The van der Waals surface area contributed by atoms with Crippen molar-refractivity contribution in [1.29, 1.82) is 0 Å². The van der Waals surface area contributed by atoms with E-state index in [4.69, 9.17) is 15.2 Å². The molecule has 3 aromatic rings. The highest BCUT2D eigenvalue weighted by molar-refractivity contribution is 6.05. The minimum absolute atomic E-state index is 0.130. The van der Waals surface area contributed by atoms with E-state index in [1.165, 1.54) is 0 Å². The standard InChI is InChI=1S/C25H23N3O5/c26-23(29)12-13-32-20-10-8-18(9-11-20)27-24(30)17-5-3-6-19(14-17)28-25(31)22-15-16-4-1-2-7-21(16)33-22/h1-11,14,22H,12-13,15H2,(H2,26,29)(H,27,30)(H,28,31). The molecule has 33 heavy (non-hydrogen) atoms. The van der Waals surface area contributed by atoms with Crippen LogP contribution in [0.25, 0.3) is 0 Å². The SMILES string of the molecule is NC(=O)CCOc1ccc(NC(=O)c2cccc(NC(=O)C3Cc4ccccc4O3)c2)cc1. The lowest BCUT2D eigenvalue weighted by Gasteiger charge is -2.12. The first kappa shape index (κ1) is 21.9. The highest BCUT2D eigenvalue weighted by Gasteiger charge is 2.28. The number of benzene rings is 3. The number of amides is 3. The summed E-state index contributed by atoms with van der Waals surface area (Å²) in [5.41, 5.74) is 7.55. The fraction of sp³-hybridized carbons (Fsp3) is 0.160. The number of para-hydroxylation sites is 1. The second-order valence-electron chi connectivity index (χ2n) is 7.53. The molecule has 1 unspecified atom stereocenters. The van der Waals surface area contributed by atoms with Gasteiger partial charge in [0, 0.05) is 23.4 Å². The normalized spacial score (nSPS) is 14.0. The van der Waals surface area contributed by atoms with Crippen LogP contribution in [0.4, 0.5) is 11.4 Å². The minimum Gasteiger partial charge on any atom is -0.493 e. The van der Waals surface area contributed by atoms with E-state index in [2.05, 4.69) is 10.6 Å². The lowest BCUT2D eigenvalue weighted by Crippen LogP contribution is -2.31. The Bertz CT molecular complexity index is 1150. The van der Waals surface area contributed by atoms with Gasteiger partial charge in [-0.05, 0) is 54.1 Å². The average molecular weight is 445 g/mol. The zero-order valence-electron chi connectivity index (χ0n) is 17.7. The monoisotopic (exact) mass is 445 g/mol. The summed E-state index contributed by atoms with van der Waals surface area (Å²) >= 11 is 0. The summed E-state index contributed by atoms with van der Waals surface area (Å²) in [4.78, 5) is 36.0. The van der Waals surface area contributed by atoms with Crippen molar-refractivity contribution in [2.75, 3.05) is 17.2 Å². The van der Waals surface area contributed by atoms with Crippen LogP contribution in [0.2, 0.25) is 0 Å². The lowest BCUT2D eigenvalue weighted by molar-refractivity contribution is -0.122. The topological polar surface area (TPSA) is 120 Å². The highest BCUT2D eigenvalue weighted by atomic mass is 16.5. The van der Waals surface area contributed by atoms with Crippen LogP contribution >= 0.6 is 0 Å². The van der Waals surface area contributed by atoms with Gasteiger partial charge in [-0.15, -0.1) is 0 Å². The molecule has 8 nitrogen and oxygen atoms in total. The van der Waals surface area contributed by atoms with Crippen LogP contribution in [-0.4, -0.2) is 30.4 Å². The third kappa shape index (κ3) is 5.68. The third-order valence-corrected chi connectivity index (χ3v) is 5.06. The van der Waals surface area contributed by atoms with Gasteiger partial charge in [0.25, 0.3) is 11.8 Å². The number of fused-ring (bicyclic) bond motifs is 1. The van der Waals surface area contributed by atoms with E-state index in [0.717, 1.165) is 11.3 Å². The van der Waals surface area contributed by atoms with E-state index >= 15 is 0 Å². The summed E-state index contributed by atoms with van der Waals surface area (Å²) in [5.74, 6) is 0.261. The van der Waals surface area contributed by atoms with Crippen LogP contribution in [0.3, 0.4) is 0 Å². The molecule has 0 saturated heterocycles. The van der Waals surface area contributed by atoms with Crippen LogP contribution in [0.15, 0.2) is 72.8 Å².